The molecule has 29 heavy (non-hydrogen) atoms. The molecule has 0 radical (unpaired) electrons. The van der Waals surface area contributed by atoms with Gasteiger partial charge >= 0.3 is 0 Å². The van der Waals surface area contributed by atoms with Gasteiger partial charge in [-0.25, -0.2) is 4.99 Å². The minimum Gasteiger partial charge on any atom is -0.496 e. The number of amidine groups is 1. The average molecular weight is 403 g/mol. The van der Waals surface area contributed by atoms with Crippen LogP contribution in [-0.4, -0.2) is 18.9 Å². The topological polar surface area (TPSA) is 41.9 Å². The second-order valence-corrected chi connectivity index (χ2v) is 7.13. The molecule has 1 aliphatic rings. The van der Waals surface area contributed by atoms with Crippen LogP contribution in [0.25, 0.3) is 6.08 Å². The Morgan fingerprint density at radius 1 is 0.966 bits per heavy atom. The van der Waals surface area contributed by atoms with Crippen LogP contribution in [0.5, 0.6) is 5.75 Å². The van der Waals surface area contributed by atoms with Gasteiger partial charge in [0.1, 0.15) is 17.3 Å². The average Bonchev–Trinajstić information content (AvgIpc) is 3.06. The van der Waals surface area contributed by atoms with Gasteiger partial charge in [0.05, 0.1) is 12.8 Å². The van der Waals surface area contributed by atoms with Crippen LogP contribution >= 0.6 is 11.6 Å². The summed E-state index contributed by atoms with van der Waals surface area (Å²) in [6.45, 7) is 2.02. The first-order valence-corrected chi connectivity index (χ1v) is 9.55. The summed E-state index contributed by atoms with van der Waals surface area (Å²) in [5, 5.41) is 0.610. The van der Waals surface area contributed by atoms with Crippen LogP contribution in [0.2, 0.25) is 5.02 Å². The fraction of sp³-hybridized carbons (Fsp3) is 0.0833. The van der Waals surface area contributed by atoms with Crippen LogP contribution < -0.4 is 9.64 Å². The first kappa shape index (κ1) is 19.0. The molecule has 1 aliphatic heterocycles. The molecule has 0 saturated carbocycles. The van der Waals surface area contributed by atoms with Crippen molar-refractivity contribution in [1.82, 2.24) is 0 Å². The van der Waals surface area contributed by atoms with E-state index in [0.717, 1.165) is 16.7 Å². The van der Waals surface area contributed by atoms with Gasteiger partial charge in [-0.05, 0) is 43.3 Å². The van der Waals surface area contributed by atoms with Gasteiger partial charge in [-0.2, -0.15) is 0 Å². The molecule has 3 aromatic carbocycles. The van der Waals surface area contributed by atoms with Crippen molar-refractivity contribution in [1.29, 1.82) is 0 Å². The van der Waals surface area contributed by atoms with E-state index in [-0.39, 0.29) is 5.91 Å². The number of carbonyl (C=O) groups excluding carboxylic acids is 1. The third-order valence-electron chi connectivity index (χ3n) is 4.69. The number of para-hydroxylation sites is 1. The second kappa shape index (κ2) is 7.94. The smallest absolute Gasteiger partial charge is 0.282 e. The van der Waals surface area contributed by atoms with Crippen molar-refractivity contribution in [3.8, 4) is 5.75 Å². The normalized spacial score (nSPS) is 15.0. The number of hydrogen-bond acceptors (Lipinski definition) is 3. The van der Waals surface area contributed by atoms with Gasteiger partial charge in [0.15, 0.2) is 0 Å². The largest absolute Gasteiger partial charge is 0.496 e. The number of halogens is 1. The summed E-state index contributed by atoms with van der Waals surface area (Å²) in [6.07, 6.45) is 1.76. The zero-order valence-corrected chi connectivity index (χ0v) is 16.9. The number of aliphatic imine (C=N–C) groups is 1. The molecule has 0 atom stereocenters. The zero-order chi connectivity index (χ0) is 20.4. The lowest BCUT2D eigenvalue weighted by Crippen LogP contribution is -2.32. The maximum atomic E-state index is 13.3. The first-order chi connectivity index (χ1) is 14.1. The number of aryl methyl sites for hydroxylation is 1. The summed E-state index contributed by atoms with van der Waals surface area (Å²) >= 11 is 6.04. The highest BCUT2D eigenvalue weighted by Gasteiger charge is 2.32. The van der Waals surface area contributed by atoms with Crippen LogP contribution in [0, 0.1) is 6.92 Å². The van der Waals surface area contributed by atoms with Crippen molar-refractivity contribution in [2.24, 2.45) is 4.99 Å². The molecule has 3 aromatic rings. The first-order valence-electron chi connectivity index (χ1n) is 9.17. The fourth-order valence-corrected chi connectivity index (χ4v) is 3.30. The van der Waals surface area contributed by atoms with Crippen LogP contribution in [0.4, 0.5) is 5.69 Å². The van der Waals surface area contributed by atoms with Crippen molar-refractivity contribution in [3.05, 3.63) is 100 Å². The van der Waals surface area contributed by atoms with Gasteiger partial charge in [0, 0.05) is 16.1 Å². The molecule has 1 heterocycles. The predicted molar refractivity (Wildman–Crippen MR) is 118 cm³/mol. The monoisotopic (exact) mass is 402 g/mol. The molecule has 0 N–H and O–H groups in total. The summed E-state index contributed by atoms with van der Waals surface area (Å²) < 4.78 is 5.41. The van der Waals surface area contributed by atoms with Crippen LogP contribution in [0.15, 0.2) is 83.5 Å². The number of amides is 1. The Hall–Kier alpha value is -3.37. The second-order valence-electron chi connectivity index (χ2n) is 6.69. The predicted octanol–water partition coefficient (Wildman–Crippen LogP) is 5.49. The van der Waals surface area contributed by atoms with Crippen molar-refractivity contribution < 1.29 is 9.53 Å². The number of carbonyl (C=O) groups is 1. The van der Waals surface area contributed by atoms with Crippen molar-refractivity contribution in [2.75, 3.05) is 12.0 Å². The van der Waals surface area contributed by atoms with Gasteiger partial charge < -0.3 is 4.74 Å². The Morgan fingerprint density at radius 3 is 2.34 bits per heavy atom. The lowest BCUT2D eigenvalue weighted by atomic mass is 10.1. The molecule has 1 amide bonds. The van der Waals surface area contributed by atoms with E-state index < -0.39 is 0 Å². The highest BCUT2D eigenvalue weighted by molar-refractivity contribution is 6.34. The van der Waals surface area contributed by atoms with Gasteiger partial charge in [-0.3, -0.25) is 9.69 Å². The molecule has 0 fully saturated rings. The SMILES string of the molecule is COc1ccccc1/C=C1/N=C(c2ccc(C)cc2)N(c2ccc(Cl)cc2)C1=O. The van der Waals surface area contributed by atoms with E-state index in [1.54, 1.807) is 30.2 Å². The number of methoxy groups -OCH3 is 1. The molecular formula is C24H19ClN2O2. The molecule has 0 spiro atoms. The molecule has 0 aromatic heterocycles. The Morgan fingerprint density at radius 2 is 1.66 bits per heavy atom. The Labute approximate surface area is 174 Å². The van der Waals surface area contributed by atoms with Crippen LogP contribution in [-0.2, 0) is 4.79 Å². The molecule has 4 nitrogen and oxygen atoms in total. The molecule has 0 aliphatic carbocycles. The summed E-state index contributed by atoms with van der Waals surface area (Å²) in [7, 11) is 1.61. The zero-order valence-electron chi connectivity index (χ0n) is 16.1. The van der Waals surface area contributed by atoms with E-state index >= 15 is 0 Å². The molecule has 4 rings (SSSR count). The summed E-state index contributed by atoms with van der Waals surface area (Å²) in [4.78, 5) is 19.6. The third-order valence-corrected chi connectivity index (χ3v) is 4.94. The number of nitrogens with zero attached hydrogens (tertiary/aromatic N) is 2. The Bertz CT molecular complexity index is 1120. The van der Waals surface area contributed by atoms with Gasteiger partial charge in [0.2, 0.25) is 0 Å². The number of hydrogen-bond donors (Lipinski definition) is 0. The number of anilines is 1. The van der Waals surface area contributed by atoms with Gasteiger partial charge in [0.25, 0.3) is 5.91 Å². The molecular weight excluding hydrogens is 384 g/mol. The van der Waals surface area contributed by atoms with E-state index in [4.69, 9.17) is 16.3 Å². The molecule has 5 heteroatoms. The number of benzene rings is 3. The van der Waals surface area contributed by atoms with E-state index in [2.05, 4.69) is 4.99 Å². The lowest BCUT2D eigenvalue weighted by molar-refractivity contribution is -0.113. The maximum Gasteiger partial charge on any atom is 0.282 e. The minimum absolute atomic E-state index is 0.200. The highest BCUT2D eigenvalue weighted by atomic mass is 35.5. The molecule has 0 saturated heterocycles. The van der Waals surface area contributed by atoms with E-state index in [1.807, 2.05) is 67.6 Å². The minimum atomic E-state index is -0.200. The van der Waals surface area contributed by atoms with Gasteiger partial charge in [-0.1, -0.05) is 59.6 Å². The van der Waals surface area contributed by atoms with E-state index in [1.165, 1.54) is 0 Å². The van der Waals surface area contributed by atoms with Crippen molar-refractivity contribution in [3.63, 3.8) is 0 Å². The Balaban J connectivity index is 1.83. The van der Waals surface area contributed by atoms with Crippen LogP contribution in [0.3, 0.4) is 0 Å². The van der Waals surface area contributed by atoms with Crippen molar-refractivity contribution in [2.45, 2.75) is 6.92 Å². The van der Waals surface area contributed by atoms with Gasteiger partial charge in [-0.15, -0.1) is 0 Å². The summed E-state index contributed by atoms with van der Waals surface area (Å²) in [5.41, 5.74) is 3.86. The maximum absolute atomic E-state index is 13.3. The quantitative estimate of drug-likeness (QED) is 0.541. The summed E-state index contributed by atoms with van der Waals surface area (Å²) in [6, 6.07) is 22.6. The van der Waals surface area contributed by atoms with E-state index in [0.29, 0.717) is 28.0 Å². The number of rotatable bonds is 4. The van der Waals surface area contributed by atoms with Crippen molar-refractivity contribution >= 4 is 35.1 Å². The van der Waals surface area contributed by atoms with E-state index in [9.17, 15) is 4.79 Å². The highest BCUT2D eigenvalue weighted by Crippen LogP contribution is 2.30. The van der Waals surface area contributed by atoms with Crippen LogP contribution in [0.1, 0.15) is 16.7 Å². The molecule has 144 valence electrons. The number of ether oxygens (including phenoxy) is 1. The molecule has 0 bridgehead atoms. The third kappa shape index (κ3) is 3.80. The molecule has 0 unspecified atom stereocenters. The fourth-order valence-electron chi connectivity index (χ4n) is 3.18. The lowest BCUT2D eigenvalue weighted by Gasteiger charge is -2.18. The Kier molecular flexibility index (Phi) is 5.19. The standard InChI is InChI=1S/C24H19ClN2O2/c1-16-7-9-17(10-8-16)23-26-21(15-18-5-3-4-6-22(18)29-2)24(28)27(23)20-13-11-19(25)12-14-20/h3-15H,1-2H3/b21-15+. The summed E-state index contributed by atoms with van der Waals surface area (Å²) in [5.74, 6) is 1.07.